The van der Waals surface area contributed by atoms with Gasteiger partial charge in [-0.05, 0) is 45.9 Å². The maximum absolute atomic E-state index is 12.2. The first-order chi connectivity index (χ1) is 10.8. The predicted octanol–water partition coefficient (Wildman–Crippen LogP) is 2.10. The minimum absolute atomic E-state index is 0.314. The number of nitrogens with one attached hydrogen (secondary N) is 2. The number of rotatable bonds is 3. The third-order valence-electron chi connectivity index (χ3n) is 3.39. The summed E-state index contributed by atoms with van der Waals surface area (Å²) in [6.07, 6.45) is -0.248. The number of carbonyl (C=O) groups is 2. The molecule has 1 aliphatic rings. The first-order valence-corrected chi connectivity index (χ1v) is 7.81. The molecule has 0 spiro atoms. The second-order valence-electron chi connectivity index (χ2n) is 6.56. The Hall–Kier alpha value is -2.08. The second-order valence-corrected chi connectivity index (χ2v) is 6.56. The molecular weight excluding hydrogens is 296 g/mol. The minimum Gasteiger partial charge on any atom is -0.456 e. The van der Waals surface area contributed by atoms with E-state index in [0.29, 0.717) is 18.5 Å². The Labute approximate surface area is 136 Å². The van der Waals surface area contributed by atoms with Crippen LogP contribution in [-0.2, 0) is 9.47 Å². The molecule has 6 nitrogen and oxygen atoms in total. The van der Waals surface area contributed by atoms with Crippen molar-refractivity contribution in [1.29, 1.82) is 0 Å². The van der Waals surface area contributed by atoms with Gasteiger partial charge < -0.3 is 20.1 Å². The number of esters is 1. The summed E-state index contributed by atoms with van der Waals surface area (Å²) in [4.78, 5) is 24.1. The normalized spacial score (nSPS) is 21.3. The van der Waals surface area contributed by atoms with E-state index in [1.54, 1.807) is 45.0 Å². The largest absolute Gasteiger partial charge is 0.456 e. The van der Waals surface area contributed by atoms with Gasteiger partial charge in [-0.25, -0.2) is 9.59 Å². The van der Waals surface area contributed by atoms with Crippen molar-refractivity contribution < 1.29 is 19.1 Å². The van der Waals surface area contributed by atoms with Crippen LogP contribution in [0.4, 0.5) is 4.79 Å². The van der Waals surface area contributed by atoms with Gasteiger partial charge in [-0.1, -0.05) is 18.2 Å². The van der Waals surface area contributed by atoms with Gasteiger partial charge in [0.05, 0.1) is 11.6 Å². The fraction of sp³-hybridized carbons (Fsp3) is 0.529. The van der Waals surface area contributed by atoms with E-state index in [1.807, 2.05) is 6.07 Å². The highest BCUT2D eigenvalue weighted by Crippen LogP contribution is 2.14. The SMILES string of the molecule is CC(C)(C)OC(=O)N[C@@H]1CNCC[C@@H]1OC(=O)c1ccccc1. The number of amides is 1. The smallest absolute Gasteiger partial charge is 0.408 e. The summed E-state index contributed by atoms with van der Waals surface area (Å²) in [5, 5.41) is 5.97. The molecule has 1 saturated heterocycles. The number of hydrogen-bond acceptors (Lipinski definition) is 5. The summed E-state index contributed by atoms with van der Waals surface area (Å²) in [5.41, 5.74) is -0.0652. The molecule has 2 rings (SSSR count). The highest BCUT2D eigenvalue weighted by atomic mass is 16.6. The maximum atomic E-state index is 12.2. The van der Waals surface area contributed by atoms with Gasteiger partial charge in [-0.2, -0.15) is 0 Å². The maximum Gasteiger partial charge on any atom is 0.408 e. The zero-order chi connectivity index (χ0) is 16.9. The van der Waals surface area contributed by atoms with Crippen molar-refractivity contribution in [2.24, 2.45) is 0 Å². The van der Waals surface area contributed by atoms with Crippen LogP contribution in [0.2, 0.25) is 0 Å². The molecule has 1 amide bonds. The van der Waals surface area contributed by atoms with E-state index in [9.17, 15) is 9.59 Å². The van der Waals surface area contributed by atoms with Crippen molar-refractivity contribution >= 4 is 12.1 Å². The Kier molecular flexibility index (Phi) is 5.60. The van der Waals surface area contributed by atoms with Gasteiger partial charge in [0.1, 0.15) is 11.7 Å². The lowest BCUT2D eigenvalue weighted by Crippen LogP contribution is -2.55. The molecule has 2 N–H and O–H groups in total. The lowest BCUT2D eigenvalue weighted by atomic mass is 10.0. The van der Waals surface area contributed by atoms with E-state index < -0.39 is 11.7 Å². The molecular formula is C17H24N2O4. The molecule has 0 bridgehead atoms. The van der Waals surface area contributed by atoms with Crippen LogP contribution in [0.1, 0.15) is 37.6 Å². The van der Waals surface area contributed by atoms with Crippen LogP contribution in [0.3, 0.4) is 0 Å². The van der Waals surface area contributed by atoms with Gasteiger partial charge in [0, 0.05) is 6.54 Å². The lowest BCUT2D eigenvalue weighted by Gasteiger charge is -2.32. The van der Waals surface area contributed by atoms with Crippen molar-refractivity contribution in [2.45, 2.75) is 44.9 Å². The Bertz CT molecular complexity index is 539. The lowest BCUT2D eigenvalue weighted by molar-refractivity contribution is 0.00701. The Morgan fingerprint density at radius 2 is 1.91 bits per heavy atom. The van der Waals surface area contributed by atoms with E-state index in [1.165, 1.54) is 0 Å². The molecule has 1 aliphatic heterocycles. The molecule has 0 radical (unpaired) electrons. The first kappa shape index (κ1) is 17.3. The van der Waals surface area contributed by atoms with Crippen molar-refractivity contribution in [2.75, 3.05) is 13.1 Å². The molecule has 1 fully saturated rings. The van der Waals surface area contributed by atoms with Crippen LogP contribution >= 0.6 is 0 Å². The van der Waals surface area contributed by atoms with Crippen molar-refractivity contribution in [3.63, 3.8) is 0 Å². The number of carbonyl (C=O) groups excluding carboxylic acids is 2. The molecule has 0 unspecified atom stereocenters. The topological polar surface area (TPSA) is 76.7 Å². The summed E-state index contributed by atoms with van der Waals surface area (Å²) in [7, 11) is 0. The Balaban J connectivity index is 1.95. The zero-order valence-electron chi connectivity index (χ0n) is 13.8. The van der Waals surface area contributed by atoms with Gasteiger partial charge >= 0.3 is 12.1 Å². The Morgan fingerprint density at radius 1 is 1.22 bits per heavy atom. The molecule has 0 saturated carbocycles. The third-order valence-corrected chi connectivity index (χ3v) is 3.39. The van der Waals surface area contributed by atoms with Gasteiger partial charge in [-0.3, -0.25) is 0 Å². The molecule has 1 heterocycles. The predicted molar refractivity (Wildman–Crippen MR) is 86.3 cm³/mol. The third kappa shape index (κ3) is 5.56. The number of ether oxygens (including phenoxy) is 2. The Morgan fingerprint density at radius 3 is 2.57 bits per heavy atom. The van der Waals surface area contributed by atoms with E-state index in [4.69, 9.17) is 9.47 Å². The fourth-order valence-electron chi connectivity index (χ4n) is 2.36. The van der Waals surface area contributed by atoms with E-state index in [-0.39, 0.29) is 18.1 Å². The summed E-state index contributed by atoms with van der Waals surface area (Å²) in [6.45, 7) is 6.68. The summed E-state index contributed by atoms with van der Waals surface area (Å²) >= 11 is 0. The molecule has 1 aromatic carbocycles. The molecule has 0 aromatic heterocycles. The molecule has 23 heavy (non-hydrogen) atoms. The average molecular weight is 320 g/mol. The van der Waals surface area contributed by atoms with E-state index >= 15 is 0 Å². The molecule has 0 aliphatic carbocycles. The van der Waals surface area contributed by atoms with E-state index in [2.05, 4.69) is 10.6 Å². The number of benzene rings is 1. The minimum atomic E-state index is -0.567. The summed E-state index contributed by atoms with van der Waals surface area (Å²) in [5.74, 6) is -0.381. The van der Waals surface area contributed by atoms with Gasteiger partial charge in [-0.15, -0.1) is 0 Å². The first-order valence-electron chi connectivity index (χ1n) is 7.81. The second kappa shape index (κ2) is 7.46. The highest BCUT2D eigenvalue weighted by molar-refractivity contribution is 5.89. The fourth-order valence-corrected chi connectivity index (χ4v) is 2.36. The van der Waals surface area contributed by atoms with Crippen LogP contribution in [-0.4, -0.2) is 42.9 Å². The molecule has 126 valence electrons. The number of piperidine rings is 1. The zero-order valence-corrected chi connectivity index (χ0v) is 13.8. The van der Waals surface area contributed by atoms with Crippen molar-refractivity contribution in [3.8, 4) is 0 Å². The summed E-state index contributed by atoms with van der Waals surface area (Å²) < 4.78 is 10.8. The van der Waals surface area contributed by atoms with Crippen LogP contribution < -0.4 is 10.6 Å². The molecule has 2 atom stereocenters. The quantitative estimate of drug-likeness (QED) is 0.834. The van der Waals surface area contributed by atoms with Crippen LogP contribution in [0.5, 0.6) is 0 Å². The van der Waals surface area contributed by atoms with Crippen molar-refractivity contribution in [1.82, 2.24) is 10.6 Å². The van der Waals surface area contributed by atoms with Crippen LogP contribution in [0.15, 0.2) is 30.3 Å². The average Bonchev–Trinajstić information content (AvgIpc) is 2.48. The molecule has 1 aromatic rings. The standard InChI is InChI=1S/C17H24N2O4/c1-17(2,3)23-16(21)19-13-11-18-10-9-14(13)22-15(20)12-7-5-4-6-8-12/h4-8,13-14,18H,9-11H2,1-3H3,(H,19,21)/t13-,14+/m1/s1. The van der Waals surface area contributed by atoms with E-state index in [0.717, 1.165) is 6.54 Å². The number of alkyl carbamates (subject to hydrolysis) is 1. The summed E-state index contributed by atoms with van der Waals surface area (Å²) in [6, 6.07) is 8.52. The highest BCUT2D eigenvalue weighted by Gasteiger charge is 2.31. The van der Waals surface area contributed by atoms with Gasteiger partial charge in [0.2, 0.25) is 0 Å². The van der Waals surface area contributed by atoms with Gasteiger partial charge in [0.25, 0.3) is 0 Å². The van der Waals surface area contributed by atoms with Gasteiger partial charge in [0.15, 0.2) is 0 Å². The van der Waals surface area contributed by atoms with Crippen molar-refractivity contribution in [3.05, 3.63) is 35.9 Å². The van der Waals surface area contributed by atoms with Crippen LogP contribution in [0.25, 0.3) is 0 Å². The van der Waals surface area contributed by atoms with Crippen LogP contribution in [0, 0.1) is 0 Å². The number of hydrogen-bond donors (Lipinski definition) is 2. The monoisotopic (exact) mass is 320 g/mol. The molecule has 6 heteroatoms.